The average Bonchev–Trinajstić information content (AvgIpc) is 3.07. The van der Waals surface area contributed by atoms with Crippen molar-refractivity contribution in [3.8, 4) is 5.88 Å². The highest BCUT2D eigenvalue weighted by atomic mass is 31.1. The number of nitrogens with one attached hydrogen (secondary N) is 1. The number of rotatable bonds is 8. The van der Waals surface area contributed by atoms with Crippen molar-refractivity contribution in [3.05, 3.63) is 42.2 Å². The molecule has 0 bridgehead atoms. The maximum Gasteiger partial charge on any atom is 0.258 e. The second-order valence-electron chi connectivity index (χ2n) is 7.78. The molecule has 6 atom stereocenters. The van der Waals surface area contributed by atoms with Gasteiger partial charge >= 0.3 is 0 Å². The van der Waals surface area contributed by atoms with Gasteiger partial charge in [-0.05, 0) is 12.5 Å². The Kier molecular flexibility index (Phi) is 5.39. The molecule has 3 N–H and O–H groups in total. The van der Waals surface area contributed by atoms with E-state index in [1.807, 2.05) is 41.8 Å². The Balaban J connectivity index is 1.23. The summed E-state index contributed by atoms with van der Waals surface area (Å²) in [5, 5.41) is 2.97. The Morgan fingerprint density at radius 3 is 2.81 bits per heavy atom. The van der Waals surface area contributed by atoms with Crippen LogP contribution in [0.2, 0.25) is 0 Å². The van der Waals surface area contributed by atoms with Gasteiger partial charge in [-0.15, -0.1) is 0 Å². The zero-order chi connectivity index (χ0) is 21.5. The summed E-state index contributed by atoms with van der Waals surface area (Å²) in [6.45, 7) is 4.92. The molecular weight excluding hydrogens is 419 g/mol. The van der Waals surface area contributed by atoms with Gasteiger partial charge in [-0.3, -0.25) is 9.13 Å². The predicted molar refractivity (Wildman–Crippen MR) is 115 cm³/mol. The zero-order valence-electron chi connectivity index (χ0n) is 17.3. The Bertz CT molecular complexity index is 1110. The Labute approximate surface area is 180 Å². The summed E-state index contributed by atoms with van der Waals surface area (Å²) in [6, 6.07) is 9.81. The molecule has 10 nitrogen and oxygen atoms in total. The number of nitrogens with zero attached hydrogens (tertiary/aromatic N) is 4. The van der Waals surface area contributed by atoms with Crippen molar-refractivity contribution in [2.75, 3.05) is 12.3 Å². The van der Waals surface area contributed by atoms with E-state index in [2.05, 4.69) is 27.0 Å². The molecule has 3 aromatic rings. The lowest BCUT2D eigenvalue weighted by molar-refractivity contribution is -0.0231. The first-order valence-corrected chi connectivity index (χ1v) is 11.6. The van der Waals surface area contributed by atoms with Crippen molar-refractivity contribution in [1.29, 1.82) is 0 Å². The second-order valence-corrected chi connectivity index (χ2v) is 8.94. The number of anilines is 1. The molecule has 1 aliphatic carbocycles. The minimum absolute atomic E-state index is 0.101. The van der Waals surface area contributed by atoms with E-state index in [9.17, 15) is 4.57 Å². The van der Waals surface area contributed by atoms with Crippen molar-refractivity contribution in [2.45, 2.75) is 38.8 Å². The van der Waals surface area contributed by atoms with Gasteiger partial charge in [-0.2, -0.15) is 9.97 Å². The highest BCUT2D eigenvalue weighted by molar-refractivity contribution is 7.36. The third-order valence-electron chi connectivity index (χ3n) is 5.78. The fourth-order valence-electron chi connectivity index (χ4n) is 4.25. The number of nitrogen functional groups attached to an aromatic ring is 1. The molecule has 0 radical (unpaired) electrons. The van der Waals surface area contributed by atoms with E-state index < -0.39 is 8.18 Å². The molecule has 1 saturated heterocycles. The molecule has 1 aliphatic heterocycles. The Morgan fingerprint density at radius 1 is 1.29 bits per heavy atom. The Morgan fingerprint density at radius 2 is 2.10 bits per heavy atom. The molecule has 0 spiro atoms. The highest BCUT2D eigenvalue weighted by Gasteiger charge is 2.64. The normalized spacial score (nSPS) is 27.9. The maximum absolute atomic E-state index is 12.4. The minimum atomic E-state index is -2.36. The van der Waals surface area contributed by atoms with E-state index in [4.69, 9.17) is 19.7 Å². The van der Waals surface area contributed by atoms with Crippen molar-refractivity contribution < 1.29 is 18.6 Å². The van der Waals surface area contributed by atoms with Crippen LogP contribution in [0.3, 0.4) is 0 Å². The van der Waals surface area contributed by atoms with E-state index in [1.54, 1.807) is 6.33 Å². The Hall–Kier alpha value is -2.52. The number of hydrogen-bond acceptors (Lipinski definition) is 8. The van der Waals surface area contributed by atoms with E-state index in [0.29, 0.717) is 30.2 Å². The smallest absolute Gasteiger partial charge is 0.258 e. The standard InChI is InChI=1S/C20H25N6O4P/c1-3-28-18-14-17(24-20(21)25-18)26(10-22-14)19-11(2)13-15(29-19)16(13)30-31(27)23-9-12-7-5-4-6-8-12/h4-8,10-11,13,15-16,19,31H,3,9H2,1-2H3,(H,23,27)(H2,21,24,25)/t11-,13?,15-,16?,19+/m0/s1. The van der Waals surface area contributed by atoms with Gasteiger partial charge in [0, 0.05) is 18.4 Å². The SMILES string of the molecule is CCOc1nc(N)nc2c1ncn2[C@@H]1O[C@@H]2C(O[PH](=O)NCc3ccccc3)C2[C@@H]1C. The van der Waals surface area contributed by atoms with Crippen LogP contribution in [0.5, 0.6) is 5.88 Å². The van der Waals surface area contributed by atoms with Gasteiger partial charge in [0.2, 0.25) is 11.8 Å². The third kappa shape index (κ3) is 3.80. The maximum atomic E-state index is 12.4. The van der Waals surface area contributed by atoms with Crippen LogP contribution in [0.25, 0.3) is 11.2 Å². The van der Waals surface area contributed by atoms with Crippen LogP contribution in [-0.2, 0) is 20.4 Å². The molecular formula is C20H25N6O4P. The van der Waals surface area contributed by atoms with Gasteiger partial charge in [0.1, 0.15) is 6.23 Å². The molecule has 0 amide bonds. The van der Waals surface area contributed by atoms with Gasteiger partial charge in [-0.1, -0.05) is 37.3 Å². The van der Waals surface area contributed by atoms with E-state index in [1.165, 1.54) is 0 Å². The summed E-state index contributed by atoms with van der Waals surface area (Å²) in [7, 11) is -2.36. The summed E-state index contributed by atoms with van der Waals surface area (Å²) < 4.78 is 31.8. The predicted octanol–water partition coefficient (Wildman–Crippen LogP) is 2.54. The van der Waals surface area contributed by atoms with Gasteiger partial charge in [0.15, 0.2) is 11.2 Å². The number of imidazole rings is 1. The van der Waals surface area contributed by atoms with Gasteiger partial charge in [0.05, 0.1) is 25.1 Å². The monoisotopic (exact) mass is 444 g/mol. The first-order valence-electron chi connectivity index (χ1n) is 10.3. The first kappa shape index (κ1) is 20.4. The number of fused-ring (bicyclic) bond motifs is 2. The lowest BCUT2D eigenvalue weighted by atomic mass is 10.1. The third-order valence-corrected chi connectivity index (χ3v) is 6.73. The van der Waals surface area contributed by atoms with Gasteiger partial charge in [0.25, 0.3) is 8.18 Å². The van der Waals surface area contributed by atoms with Crippen LogP contribution >= 0.6 is 8.18 Å². The average molecular weight is 444 g/mol. The quantitative estimate of drug-likeness (QED) is 0.504. The number of nitrogens with two attached hydrogens (primary N) is 1. The highest BCUT2D eigenvalue weighted by Crippen LogP contribution is 2.57. The summed E-state index contributed by atoms with van der Waals surface area (Å²) in [5.74, 6) is 0.783. The van der Waals surface area contributed by atoms with Crippen LogP contribution in [0.4, 0.5) is 5.95 Å². The molecule has 164 valence electrons. The minimum Gasteiger partial charge on any atom is -0.476 e. The van der Waals surface area contributed by atoms with Crippen LogP contribution < -0.4 is 15.6 Å². The largest absolute Gasteiger partial charge is 0.476 e. The number of hydrogen-bond donors (Lipinski definition) is 2. The topological polar surface area (TPSA) is 126 Å². The molecule has 2 aromatic heterocycles. The van der Waals surface area contributed by atoms with Crippen LogP contribution in [0.1, 0.15) is 25.6 Å². The zero-order valence-corrected chi connectivity index (χ0v) is 18.3. The van der Waals surface area contributed by atoms with E-state index in [-0.39, 0.29) is 36.2 Å². The number of ether oxygens (including phenoxy) is 2. The molecule has 11 heteroatoms. The van der Waals surface area contributed by atoms with Crippen LogP contribution in [-0.4, -0.2) is 38.3 Å². The summed E-state index contributed by atoms with van der Waals surface area (Å²) in [4.78, 5) is 12.9. The molecule has 31 heavy (non-hydrogen) atoms. The molecule has 5 rings (SSSR count). The van der Waals surface area contributed by atoms with Crippen molar-refractivity contribution in [1.82, 2.24) is 24.6 Å². The van der Waals surface area contributed by atoms with Gasteiger partial charge < -0.3 is 19.7 Å². The summed E-state index contributed by atoms with van der Waals surface area (Å²) in [5.41, 5.74) is 8.04. The molecule has 3 heterocycles. The second kappa shape index (κ2) is 8.20. The molecule has 2 aliphatic rings. The fourth-order valence-corrected chi connectivity index (χ4v) is 5.22. The molecule has 2 fully saturated rings. The lowest BCUT2D eigenvalue weighted by Gasteiger charge is -2.22. The first-order chi connectivity index (χ1) is 15.1. The number of aromatic nitrogens is 4. The van der Waals surface area contributed by atoms with Crippen molar-refractivity contribution in [2.24, 2.45) is 11.8 Å². The molecule has 3 unspecified atom stereocenters. The van der Waals surface area contributed by atoms with Gasteiger partial charge in [-0.25, -0.2) is 10.1 Å². The van der Waals surface area contributed by atoms with Crippen LogP contribution in [0.15, 0.2) is 36.7 Å². The van der Waals surface area contributed by atoms with E-state index >= 15 is 0 Å². The summed E-state index contributed by atoms with van der Waals surface area (Å²) >= 11 is 0. The van der Waals surface area contributed by atoms with Crippen LogP contribution in [0, 0.1) is 11.8 Å². The number of benzene rings is 1. The lowest BCUT2D eigenvalue weighted by Crippen LogP contribution is -2.21. The van der Waals surface area contributed by atoms with Crippen molar-refractivity contribution >= 4 is 25.3 Å². The van der Waals surface area contributed by atoms with E-state index in [0.717, 1.165) is 5.56 Å². The van der Waals surface area contributed by atoms with Crippen molar-refractivity contribution in [3.63, 3.8) is 0 Å². The fraction of sp³-hybridized carbons (Fsp3) is 0.450. The summed E-state index contributed by atoms with van der Waals surface area (Å²) in [6.07, 6.45) is 1.14. The molecule has 1 aromatic carbocycles. The molecule has 1 saturated carbocycles.